The maximum absolute atomic E-state index is 12.2. The van der Waals surface area contributed by atoms with Crippen molar-refractivity contribution < 1.29 is 23.8 Å². The van der Waals surface area contributed by atoms with Gasteiger partial charge in [-0.3, -0.25) is 4.79 Å². The zero-order valence-corrected chi connectivity index (χ0v) is 16.9. The summed E-state index contributed by atoms with van der Waals surface area (Å²) >= 11 is 3.42. The number of ether oxygens (including phenoxy) is 3. The Kier molecular flexibility index (Phi) is 8.13. The molecule has 2 rings (SSSR count). The lowest BCUT2D eigenvalue weighted by Crippen LogP contribution is -2.28. The van der Waals surface area contributed by atoms with Gasteiger partial charge in [0.25, 0.3) is 5.91 Å². The standard InChI is InChI=1S/C20H22BrNO5/c1-3-25-17-10-9-14(11-18(17)26-4-2)20(24)27-13-19(23)22-12-15-7-5-6-8-16(15)21/h5-11H,3-4,12-13H2,1-2H3,(H,22,23). The van der Waals surface area contributed by atoms with Gasteiger partial charge in [0.2, 0.25) is 0 Å². The smallest absolute Gasteiger partial charge is 0.338 e. The first kappa shape index (κ1) is 20.8. The number of nitrogens with one attached hydrogen (secondary N) is 1. The minimum Gasteiger partial charge on any atom is -0.490 e. The summed E-state index contributed by atoms with van der Waals surface area (Å²) in [4.78, 5) is 24.1. The van der Waals surface area contributed by atoms with Crippen LogP contribution in [0.5, 0.6) is 11.5 Å². The van der Waals surface area contributed by atoms with Gasteiger partial charge in [-0.05, 0) is 43.7 Å². The van der Waals surface area contributed by atoms with E-state index in [1.54, 1.807) is 18.2 Å². The van der Waals surface area contributed by atoms with Crippen molar-refractivity contribution >= 4 is 27.8 Å². The minimum atomic E-state index is -0.602. The summed E-state index contributed by atoms with van der Waals surface area (Å²) in [5.74, 6) is 0.0411. The number of carbonyl (C=O) groups is 2. The molecule has 0 aliphatic carbocycles. The van der Waals surface area contributed by atoms with Crippen molar-refractivity contribution in [2.24, 2.45) is 0 Å². The van der Waals surface area contributed by atoms with Crippen molar-refractivity contribution in [2.75, 3.05) is 19.8 Å². The first-order valence-corrected chi connectivity index (χ1v) is 9.41. The summed E-state index contributed by atoms with van der Waals surface area (Å²) in [7, 11) is 0. The Balaban J connectivity index is 1.90. The average Bonchev–Trinajstić information content (AvgIpc) is 2.67. The van der Waals surface area contributed by atoms with E-state index in [1.807, 2.05) is 38.1 Å². The first-order valence-electron chi connectivity index (χ1n) is 8.62. The van der Waals surface area contributed by atoms with E-state index in [2.05, 4.69) is 21.2 Å². The molecule has 27 heavy (non-hydrogen) atoms. The predicted octanol–water partition coefficient (Wildman–Crippen LogP) is 3.72. The van der Waals surface area contributed by atoms with Gasteiger partial charge in [-0.1, -0.05) is 34.1 Å². The normalized spacial score (nSPS) is 10.2. The second kappa shape index (κ2) is 10.6. The quantitative estimate of drug-likeness (QED) is 0.607. The third kappa shape index (κ3) is 6.29. The van der Waals surface area contributed by atoms with E-state index in [-0.39, 0.29) is 12.5 Å². The maximum Gasteiger partial charge on any atom is 0.338 e. The predicted molar refractivity (Wildman–Crippen MR) is 105 cm³/mol. The molecule has 0 fully saturated rings. The number of carbonyl (C=O) groups excluding carboxylic acids is 2. The zero-order valence-electron chi connectivity index (χ0n) is 15.3. The second-order valence-corrected chi connectivity index (χ2v) is 6.33. The molecule has 0 saturated heterocycles. The number of esters is 1. The van der Waals surface area contributed by atoms with Crippen LogP contribution in [0.4, 0.5) is 0 Å². The van der Waals surface area contributed by atoms with Crippen LogP contribution in [-0.4, -0.2) is 31.7 Å². The van der Waals surface area contributed by atoms with Gasteiger partial charge in [0.1, 0.15) is 0 Å². The summed E-state index contributed by atoms with van der Waals surface area (Å²) in [6.45, 7) is 4.62. The Hall–Kier alpha value is -2.54. The lowest BCUT2D eigenvalue weighted by Gasteiger charge is -2.12. The fraction of sp³-hybridized carbons (Fsp3) is 0.300. The van der Waals surface area contributed by atoms with Crippen LogP contribution in [0.1, 0.15) is 29.8 Å². The first-order chi connectivity index (χ1) is 13.0. The number of hydrogen-bond donors (Lipinski definition) is 1. The molecule has 0 heterocycles. The Morgan fingerprint density at radius 3 is 2.41 bits per heavy atom. The van der Waals surface area contributed by atoms with Gasteiger partial charge >= 0.3 is 5.97 Å². The summed E-state index contributed by atoms with van der Waals surface area (Å²) in [5.41, 5.74) is 1.23. The summed E-state index contributed by atoms with van der Waals surface area (Å²) in [5, 5.41) is 2.71. The van der Waals surface area contributed by atoms with Crippen LogP contribution in [0.25, 0.3) is 0 Å². The summed E-state index contributed by atoms with van der Waals surface area (Å²) in [6.07, 6.45) is 0. The summed E-state index contributed by atoms with van der Waals surface area (Å²) in [6, 6.07) is 12.3. The molecule has 1 N–H and O–H groups in total. The number of halogens is 1. The van der Waals surface area contributed by atoms with Gasteiger partial charge in [-0.25, -0.2) is 4.79 Å². The molecule has 0 unspecified atom stereocenters. The van der Waals surface area contributed by atoms with Crippen molar-refractivity contribution in [2.45, 2.75) is 20.4 Å². The molecule has 2 aromatic carbocycles. The Morgan fingerprint density at radius 2 is 1.70 bits per heavy atom. The van der Waals surface area contributed by atoms with Crippen molar-refractivity contribution in [3.05, 3.63) is 58.1 Å². The van der Waals surface area contributed by atoms with Crippen LogP contribution in [-0.2, 0) is 16.1 Å². The van der Waals surface area contributed by atoms with Crippen molar-refractivity contribution in [1.82, 2.24) is 5.32 Å². The zero-order chi connectivity index (χ0) is 19.6. The van der Waals surface area contributed by atoms with E-state index in [4.69, 9.17) is 14.2 Å². The molecule has 0 aliphatic heterocycles. The lowest BCUT2D eigenvalue weighted by molar-refractivity contribution is -0.124. The Labute approximate surface area is 166 Å². The molecule has 144 valence electrons. The molecule has 0 aliphatic rings. The molecule has 0 spiro atoms. The summed E-state index contributed by atoms with van der Waals surface area (Å²) < 4.78 is 16.9. The van der Waals surface area contributed by atoms with Gasteiger partial charge in [-0.15, -0.1) is 0 Å². The van der Waals surface area contributed by atoms with E-state index in [0.29, 0.717) is 36.8 Å². The average molecular weight is 436 g/mol. The van der Waals surface area contributed by atoms with Crippen molar-refractivity contribution in [3.8, 4) is 11.5 Å². The molecule has 0 radical (unpaired) electrons. The van der Waals surface area contributed by atoms with Gasteiger partial charge in [0, 0.05) is 11.0 Å². The van der Waals surface area contributed by atoms with Crippen LogP contribution in [0.15, 0.2) is 46.9 Å². The molecule has 0 atom stereocenters. The molecular weight excluding hydrogens is 414 g/mol. The SMILES string of the molecule is CCOc1ccc(C(=O)OCC(=O)NCc2ccccc2Br)cc1OCC. The number of hydrogen-bond acceptors (Lipinski definition) is 5. The third-order valence-corrected chi connectivity index (χ3v) is 4.32. The van der Waals surface area contributed by atoms with Crippen LogP contribution >= 0.6 is 15.9 Å². The highest BCUT2D eigenvalue weighted by molar-refractivity contribution is 9.10. The molecule has 0 saturated carbocycles. The lowest BCUT2D eigenvalue weighted by atomic mass is 10.2. The minimum absolute atomic E-state index is 0.292. The number of amides is 1. The Bertz CT molecular complexity index is 794. The Morgan fingerprint density at radius 1 is 1.00 bits per heavy atom. The largest absolute Gasteiger partial charge is 0.490 e. The maximum atomic E-state index is 12.2. The van der Waals surface area contributed by atoms with Gasteiger partial charge < -0.3 is 19.5 Å². The number of benzene rings is 2. The fourth-order valence-corrected chi connectivity index (χ4v) is 2.70. The molecule has 6 nitrogen and oxygen atoms in total. The van der Waals surface area contributed by atoms with Gasteiger partial charge in [-0.2, -0.15) is 0 Å². The highest BCUT2D eigenvalue weighted by Gasteiger charge is 2.14. The molecule has 2 aromatic rings. The van der Waals surface area contributed by atoms with E-state index < -0.39 is 5.97 Å². The third-order valence-electron chi connectivity index (χ3n) is 3.55. The van der Waals surface area contributed by atoms with E-state index in [9.17, 15) is 9.59 Å². The molecule has 0 aromatic heterocycles. The van der Waals surface area contributed by atoms with E-state index in [0.717, 1.165) is 10.0 Å². The molecule has 1 amide bonds. The van der Waals surface area contributed by atoms with E-state index >= 15 is 0 Å². The van der Waals surface area contributed by atoms with Gasteiger partial charge in [0.15, 0.2) is 18.1 Å². The van der Waals surface area contributed by atoms with Crippen molar-refractivity contribution in [1.29, 1.82) is 0 Å². The van der Waals surface area contributed by atoms with Crippen LogP contribution in [0, 0.1) is 0 Å². The van der Waals surface area contributed by atoms with Crippen molar-refractivity contribution in [3.63, 3.8) is 0 Å². The van der Waals surface area contributed by atoms with Crippen LogP contribution in [0.2, 0.25) is 0 Å². The fourth-order valence-electron chi connectivity index (χ4n) is 2.28. The highest BCUT2D eigenvalue weighted by Crippen LogP contribution is 2.28. The topological polar surface area (TPSA) is 73.9 Å². The van der Waals surface area contributed by atoms with E-state index in [1.165, 1.54) is 0 Å². The highest BCUT2D eigenvalue weighted by atomic mass is 79.9. The monoisotopic (exact) mass is 435 g/mol. The van der Waals surface area contributed by atoms with Gasteiger partial charge in [0.05, 0.1) is 18.8 Å². The van der Waals surface area contributed by atoms with Crippen LogP contribution in [0.3, 0.4) is 0 Å². The van der Waals surface area contributed by atoms with Crippen LogP contribution < -0.4 is 14.8 Å². The second-order valence-electron chi connectivity index (χ2n) is 5.47. The molecular formula is C20H22BrNO5. The molecule has 0 bridgehead atoms. The number of rotatable bonds is 9. The molecule has 7 heteroatoms.